The van der Waals surface area contributed by atoms with E-state index < -0.39 is 0 Å². The molecule has 1 fully saturated rings. The van der Waals surface area contributed by atoms with E-state index in [0.29, 0.717) is 6.04 Å². The summed E-state index contributed by atoms with van der Waals surface area (Å²) in [5.74, 6) is 1.15. The molecule has 0 aliphatic carbocycles. The Balaban J connectivity index is 2.09. The summed E-state index contributed by atoms with van der Waals surface area (Å²) < 4.78 is 0. The van der Waals surface area contributed by atoms with E-state index in [2.05, 4.69) is 35.1 Å². The van der Waals surface area contributed by atoms with Crippen LogP contribution in [0.25, 0.3) is 0 Å². The van der Waals surface area contributed by atoms with Gasteiger partial charge in [-0.15, -0.1) is 0 Å². The molecule has 2 rings (SSSR count). The fraction of sp³-hybridized carbons (Fsp3) is 0.688. The summed E-state index contributed by atoms with van der Waals surface area (Å²) in [7, 11) is 0. The highest BCUT2D eigenvalue weighted by atomic mass is 15.2. The normalized spacial score (nSPS) is 15.2. The number of nitrogens with one attached hydrogen (secondary N) is 1. The van der Waals surface area contributed by atoms with Crippen molar-refractivity contribution in [2.24, 2.45) is 0 Å². The second kappa shape index (κ2) is 7.37. The number of aromatic nitrogens is 1. The van der Waals surface area contributed by atoms with Crippen molar-refractivity contribution in [1.29, 1.82) is 0 Å². The van der Waals surface area contributed by atoms with E-state index in [-0.39, 0.29) is 0 Å². The monoisotopic (exact) mass is 261 g/mol. The Labute approximate surface area is 117 Å². The van der Waals surface area contributed by atoms with Crippen molar-refractivity contribution in [3.63, 3.8) is 0 Å². The zero-order chi connectivity index (χ0) is 13.5. The van der Waals surface area contributed by atoms with Crippen LogP contribution in [0, 0.1) is 0 Å². The Morgan fingerprint density at radius 2 is 1.89 bits per heavy atom. The molecule has 3 nitrogen and oxygen atoms in total. The molecule has 1 aliphatic rings. The van der Waals surface area contributed by atoms with Gasteiger partial charge in [-0.2, -0.15) is 0 Å². The Hall–Kier alpha value is -1.25. The molecule has 0 atom stereocenters. The van der Waals surface area contributed by atoms with Gasteiger partial charge in [0.15, 0.2) is 5.82 Å². The fourth-order valence-corrected chi connectivity index (χ4v) is 2.90. The van der Waals surface area contributed by atoms with Gasteiger partial charge in [-0.3, -0.25) is 0 Å². The van der Waals surface area contributed by atoms with Gasteiger partial charge in [-0.05, 0) is 37.8 Å². The van der Waals surface area contributed by atoms with E-state index in [9.17, 15) is 0 Å². The van der Waals surface area contributed by atoms with Crippen molar-refractivity contribution in [3.05, 3.63) is 18.3 Å². The smallest absolute Gasteiger partial charge is 0.151 e. The number of pyridine rings is 1. The average molecular weight is 261 g/mol. The van der Waals surface area contributed by atoms with Crippen LogP contribution in [0.15, 0.2) is 18.3 Å². The first-order chi connectivity index (χ1) is 9.35. The molecule has 0 unspecified atom stereocenters. The summed E-state index contributed by atoms with van der Waals surface area (Å²) in [6.45, 7) is 6.82. The zero-order valence-electron chi connectivity index (χ0n) is 12.4. The highest BCUT2D eigenvalue weighted by Crippen LogP contribution is 2.27. The summed E-state index contributed by atoms with van der Waals surface area (Å²) in [6.07, 6.45) is 9.44. The largest absolute Gasteiger partial charge is 0.379 e. The van der Waals surface area contributed by atoms with Gasteiger partial charge in [0.25, 0.3) is 0 Å². The van der Waals surface area contributed by atoms with Crippen molar-refractivity contribution in [2.45, 2.75) is 58.4 Å². The van der Waals surface area contributed by atoms with E-state index in [4.69, 9.17) is 0 Å². The molecule has 1 aromatic rings. The van der Waals surface area contributed by atoms with E-state index in [1.807, 2.05) is 12.3 Å². The molecule has 0 saturated carbocycles. The Bertz CT molecular complexity index is 366. The van der Waals surface area contributed by atoms with E-state index in [0.717, 1.165) is 18.9 Å². The van der Waals surface area contributed by atoms with E-state index >= 15 is 0 Å². The van der Waals surface area contributed by atoms with Crippen molar-refractivity contribution in [3.8, 4) is 0 Å². The predicted octanol–water partition coefficient (Wildman–Crippen LogP) is 4.06. The lowest BCUT2D eigenvalue weighted by Gasteiger charge is -2.24. The maximum absolute atomic E-state index is 4.60. The Kier molecular flexibility index (Phi) is 5.49. The van der Waals surface area contributed by atoms with Crippen LogP contribution in [-0.2, 0) is 0 Å². The highest BCUT2D eigenvalue weighted by Gasteiger charge is 2.18. The van der Waals surface area contributed by atoms with Gasteiger partial charge in [-0.25, -0.2) is 4.98 Å². The van der Waals surface area contributed by atoms with Gasteiger partial charge in [0.1, 0.15) is 0 Å². The maximum atomic E-state index is 4.60. The molecule has 0 bridgehead atoms. The molecule has 106 valence electrons. The number of hydrogen-bond acceptors (Lipinski definition) is 3. The Morgan fingerprint density at radius 1 is 1.21 bits per heavy atom. The van der Waals surface area contributed by atoms with E-state index in [1.54, 1.807) is 0 Å². The van der Waals surface area contributed by atoms with Crippen LogP contribution in [0.4, 0.5) is 11.5 Å². The molecular weight excluding hydrogens is 234 g/mol. The van der Waals surface area contributed by atoms with Gasteiger partial charge < -0.3 is 10.2 Å². The molecule has 1 N–H and O–H groups in total. The first-order valence-electron chi connectivity index (χ1n) is 7.81. The molecule has 19 heavy (non-hydrogen) atoms. The van der Waals surface area contributed by atoms with Crippen LogP contribution in [0.5, 0.6) is 0 Å². The third-order valence-corrected chi connectivity index (χ3v) is 3.83. The molecule has 1 aromatic heterocycles. The minimum Gasteiger partial charge on any atom is -0.379 e. The Morgan fingerprint density at radius 3 is 2.53 bits per heavy atom. The second-order valence-electron chi connectivity index (χ2n) is 5.49. The summed E-state index contributed by atoms with van der Waals surface area (Å²) in [4.78, 5) is 7.01. The molecule has 3 heteroatoms. The van der Waals surface area contributed by atoms with Crippen LogP contribution in [0.2, 0.25) is 0 Å². The molecule has 0 aromatic carbocycles. The average Bonchev–Trinajstić information content (AvgIpc) is 2.94. The summed E-state index contributed by atoms with van der Waals surface area (Å²) in [5, 5.41) is 3.72. The van der Waals surface area contributed by atoms with Crippen LogP contribution < -0.4 is 10.2 Å². The third kappa shape index (κ3) is 3.85. The third-order valence-electron chi connectivity index (χ3n) is 3.83. The van der Waals surface area contributed by atoms with Gasteiger partial charge in [-0.1, -0.05) is 26.7 Å². The molecule has 1 saturated heterocycles. The number of rotatable bonds is 7. The van der Waals surface area contributed by atoms with Crippen LogP contribution in [0.1, 0.15) is 52.4 Å². The quantitative estimate of drug-likeness (QED) is 0.802. The number of hydrogen-bond donors (Lipinski definition) is 1. The zero-order valence-corrected chi connectivity index (χ0v) is 12.4. The van der Waals surface area contributed by atoms with Crippen molar-refractivity contribution < 1.29 is 0 Å². The number of anilines is 2. The number of nitrogens with zero attached hydrogens (tertiary/aromatic N) is 2. The molecule has 0 radical (unpaired) electrons. The lowest BCUT2D eigenvalue weighted by molar-refractivity contribution is 0.586. The van der Waals surface area contributed by atoms with Gasteiger partial charge in [0.05, 0.1) is 5.69 Å². The standard InChI is InChI=1S/C16H27N3/c1-3-8-14(9-4-2)18-15-10-7-11-17-16(15)19-12-5-6-13-19/h7,10-11,14,18H,3-6,8-9,12-13H2,1-2H3. The topological polar surface area (TPSA) is 28.2 Å². The molecule has 0 spiro atoms. The van der Waals surface area contributed by atoms with E-state index in [1.165, 1.54) is 44.2 Å². The van der Waals surface area contributed by atoms with Crippen LogP contribution in [-0.4, -0.2) is 24.1 Å². The van der Waals surface area contributed by atoms with Gasteiger partial charge in [0, 0.05) is 25.3 Å². The summed E-state index contributed by atoms with van der Waals surface area (Å²) >= 11 is 0. The minimum absolute atomic E-state index is 0.584. The SMILES string of the molecule is CCCC(CCC)Nc1cccnc1N1CCCC1. The molecular formula is C16H27N3. The lowest BCUT2D eigenvalue weighted by Crippen LogP contribution is -2.24. The van der Waals surface area contributed by atoms with Crippen molar-refractivity contribution in [2.75, 3.05) is 23.3 Å². The second-order valence-corrected chi connectivity index (χ2v) is 5.49. The van der Waals surface area contributed by atoms with Crippen LogP contribution in [0.3, 0.4) is 0 Å². The highest BCUT2D eigenvalue weighted by molar-refractivity contribution is 5.66. The first kappa shape index (κ1) is 14.2. The van der Waals surface area contributed by atoms with Gasteiger partial charge in [0.2, 0.25) is 0 Å². The molecule has 1 aliphatic heterocycles. The lowest BCUT2D eigenvalue weighted by atomic mass is 10.1. The molecule has 0 amide bonds. The van der Waals surface area contributed by atoms with Gasteiger partial charge >= 0.3 is 0 Å². The maximum Gasteiger partial charge on any atom is 0.151 e. The van der Waals surface area contributed by atoms with Crippen LogP contribution >= 0.6 is 0 Å². The molecule has 2 heterocycles. The predicted molar refractivity (Wildman–Crippen MR) is 82.9 cm³/mol. The minimum atomic E-state index is 0.584. The van der Waals surface area contributed by atoms with Crippen molar-refractivity contribution >= 4 is 11.5 Å². The van der Waals surface area contributed by atoms with Crippen molar-refractivity contribution in [1.82, 2.24) is 4.98 Å². The summed E-state index contributed by atoms with van der Waals surface area (Å²) in [5.41, 5.74) is 1.22. The fourth-order valence-electron chi connectivity index (χ4n) is 2.90. The summed E-state index contributed by atoms with van der Waals surface area (Å²) in [6, 6.07) is 4.80. The first-order valence-corrected chi connectivity index (χ1v) is 7.81.